The van der Waals surface area contributed by atoms with Gasteiger partial charge in [0.25, 0.3) is 0 Å². The van der Waals surface area contributed by atoms with Gasteiger partial charge in [-0.15, -0.1) is 6.42 Å². The van der Waals surface area contributed by atoms with Crippen LogP contribution in [0.25, 0.3) is 0 Å². The fourth-order valence-corrected chi connectivity index (χ4v) is 1.74. The second kappa shape index (κ2) is 6.13. The second-order valence-electron chi connectivity index (χ2n) is 3.72. The van der Waals surface area contributed by atoms with Crippen LogP contribution in [-0.4, -0.2) is 50.1 Å². The van der Waals surface area contributed by atoms with Crippen molar-refractivity contribution in [3.8, 4) is 12.3 Å². The molecule has 1 aliphatic rings. The molecule has 5 heteroatoms. The van der Waals surface area contributed by atoms with Crippen LogP contribution in [0, 0.1) is 18.3 Å². The molecule has 1 rings (SSSR count). The van der Waals surface area contributed by atoms with Crippen LogP contribution in [0.4, 0.5) is 0 Å². The molecule has 1 aliphatic heterocycles. The lowest BCUT2D eigenvalue weighted by Gasteiger charge is -2.14. The predicted molar refractivity (Wildman–Crippen MR) is 58.4 cm³/mol. The van der Waals surface area contributed by atoms with E-state index in [0.29, 0.717) is 6.54 Å². The number of methoxy groups -OCH3 is 1. The van der Waals surface area contributed by atoms with Gasteiger partial charge in [-0.25, -0.2) is 0 Å². The minimum atomic E-state index is -0.202. The van der Waals surface area contributed by atoms with E-state index in [-0.39, 0.29) is 30.9 Å². The molecule has 1 fully saturated rings. The van der Waals surface area contributed by atoms with Gasteiger partial charge in [0.15, 0.2) is 0 Å². The topological polar surface area (TPSA) is 58.6 Å². The number of ether oxygens (including phenoxy) is 1. The van der Waals surface area contributed by atoms with Gasteiger partial charge in [0.2, 0.25) is 5.91 Å². The molecule has 0 radical (unpaired) electrons. The lowest BCUT2D eigenvalue weighted by atomic mass is 10.1. The van der Waals surface area contributed by atoms with E-state index < -0.39 is 0 Å². The lowest BCUT2D eigenvalue weighted by molar-refractivity contribution is -0.145. The summed E-state index contributed by atoms with van der Waals surface area (Å²) in [7, 11) is 1.38. The highest BCUT2D eigenvalue weighted by Gasteiger charge is 2.29. The molecule has 0 bridgehead atoms. The average Bonchev–Trinajstić information content (AvgIpc) is 2.73. The number of hydrogen-bond acceptors (Lipinski definition) is 4. The summed E-state index contributed by atoms with van der Waals surface area (Å²) < 4.78 is 4.66. The largest absolute Gasteiger partial charge is 0.469 e. The average molecular weight is 224 g/mol. The molecular formula is C11H16N2O3. The number of nitrogens with zero attached hydrogens (tertiary/aromatic N) is 1. The third kappa shape index (κ3) is 3.55. The number of hydrogen-bond donors (Lipinski definition) is 1. The van der Waals surface area contributed by atoms with Crippen molar-refractivity contribution in [3.05, 3.63) is 0 Å². The van der Waals surface area contributed by atoms with Gasteiger partial charge in [0.1, 0.15) is 0 Å². The Balaban J connectivity index is 2.29. The van der Waals surface area contributed by atoms with E-state index in [9.17, 15) is 9.59 Å². The van der Waals surface area contributed by atoms with Crippen molar-refractivity contribution in [1.29, 1.82) is 0 Å². The Kier molecular flexibility index (Phi) is 4.80. The minimum absolute atomic E-state index is 0.106. The Bertz CT molecular complexity index is 309. The summed E-state index contributed by atoms with van der Waals surface area (Å²) in [5.74, 6) is 1.92. The van der Waals surface area contributed by atoms with Crippen molar-refractivity contribution in [1.82, 2.24) is 10.2 Å². The Hall–Kier alpha value is -1.54. The Labute approximate surface area is 95.1 Å². The highest BCUT2D eigenvalue weighted by molar-refractivity contribution is 5.78. The van der Waals surface area contributed by atoms with E-state index in [2.05, 4.69) is 16.0 Å². The summed E-state index contributed by atoms with van der Waals surface area (Å²) in [6.07, 6.45) is 5.77. The SMILES string of the molecule is C#CCNC(=O)CN1CCC(C(=O)OC)C1. The fourth-order valence-electron chi connectivity index (χ4n) is 1.74. The van der Waals surface area contributed by atoms with Crippen LogP contribution >= 0.6 is 0 Å². The molecule has 0 aromatic heterocycles. The van der Waals surface area contributed by atoms with E-state index in [1.807, 2.05) is 4.90 Å². The van der Waals surface area contributed by atoms with Crippen molar-refractivity contribution in [2.24, 2.45) is 5.92 Å². The van der Waals surface area contributed by atoms with Crippen LogP contribution in [0.5, 0.6) is 0 Å². The summed E-state index contributed by atoms with van der Waals surface area (Å²) in [4.78, 5) is 24.5. The summed E-state index contributed by atoms with van der Waals surface area (Å²) in [6, 6.07) is 0. The standard InChI is InChI=1S/C11H16N2O3/c1-3-5-12-10(14)8-13-6-4-9(7-13)11(15)16-2/h1,9H,4-8H2,2H3,(H,12,14). The van der Waals surface area contributed by atoms with E-state index in [0.717, 1.165) is 13.0 Å². The van der Waals surface area contributed by atoms with Gasteiger partial charge in [0, 0.05) is 6.54 Å². The maximum Gasteiger partial charge on any atom is 0.310 e. The Morgan fingerprint density at radius 1 is 1.62 bits per heavy atom. The molecule has 0 aromatic rings. The molecule has 5 nitrogen and oxygen atoms in total. The van der Waals surface area contributed by atoms with Crippen LogP contribution in [0.2, 0.25) is 0 Å². The molecule has 1 N–H and O–H groups in total. The van der Waals surface area contributed by atoms with Gasteiger partial charge in [-0.3, -0.25) is 14.5 Å². The first-order chi connectivity index (χ1) is 7.67. The number of amides is 1. The zero-order valence-electron chi connectivity index (χ0n) is 9.36. The summed E-state index contributed by atoms with van der Waals surface area (Å²) in [5.41, 5.74) is 0. The molecule has 1 atom stereocenters. The monoisotopic (exact) mass is 224 g/mol. The number of carbonyl (C=O) groups excluding carboxylic acids is 2. The van der Waals surface area contributed by atoms with Gasteiger partial charge >= 0.3 is 5.97 Å². The van der Waals surface area contributed by atoms with E-state index in [1.54, 1.807) is 0 Å². The van der Waals surface area contributed by atoms with Crippen molar-refractivity contribution < 1.29 is 14.3 Å². The van der Waals surface area contributed by atoms with Gasteiger partial charge < -0.3 is 10.1 Å². The highest BCUT2D eigenvalue weighted by atomic mass is 16.5. The van der Waals surface area contributed by atoms with Crippen molar-refractivity contribution in [2.45, 2.75) is 6.42 Å². The molecule has 0 spiro atoms. The summed E-state index contributed by atoms with van der Waals surface area (Å²) in [6.45, 7) is 1.85. The molecule has 0 aromatic carbocycles. The number of likely N-dealkylation sites (tertiary alicyclic amines) is 1. The summed E-state index contributed by atoms with van der Waals surface area (Å²) in [5, 5.41) is 2.58. The quantitative estimate of drug-likeness (QED) is 0.503. The molecule has 1 saturated heterocycles. The molecule has 1 amide bonds. The second-order valence-corrected chi connectivity index (χ2v) is 3.72. The predicted octanol–water partition coefficient (Wildman–Crippen LogP) is -0.769. The van der Waals surface area contributed by atoms with Crippen LogP contribution < -0.4 is 5.32 Å². The van der Waals surface area contributed by atoms with E-state index in [4.69, 9.17) is 6.42 Å². The van der Waals surface area contributed by atoms with Crippen LogP contribution in [-0.2, 0) is 14.3 Å². The zero-order valence-corrected chi connectivity index (χ0v) is 9.36. The summed E-state index contributed by atoms with van der Waals surface area (Å²) >= 11 is 0. The molecule has 88 valence electrons. The zero-order chi connectivity index (χ0) is 12.0. The number of esters is 1. The molecule has 1 heterocycles. The molecule has 0 aliphatic carbocycles. The molecule has 16 heavy (non-hydrogen) atoms. The third-order valence-corrected chi connectivity index (χ3v) is 2.56. The van der Waals surface area contributed by atoms with E-state index in [1.165, 1.54) is 7.11 Å². The Morgan fingerprint density at radius 2 is 2.38 bits per heavy atom. The molecular weight excluding hydrogens is 208 g/mol. The number of terminal acetylenes is 1. The minimum Gasteiger partial charge on any atom is -0.469 e. The first-order valence-electron chi connectivity index (χ1n) is 5.17. The maximum atomic E-state index is 11.3. The van der Waals surface area contributed by atoms with Gasteiger partial charge in [-0.05, 0) is 13.0 Å². The number of carbonyl (C=O) groups is 2. The molecule has 0 saturated carbocycles. The van der Waals surface area contributed by atoms with Crippen LogP contribution in [0.3, 0.4) is 0 Å². The van der Waals surface area contributed by atoms with Gasteiger partial charge in [0.05, 0.1) is 26.1 Å². The van der Waals surface area contributed by atoms with Crippen molar-refractivity contribution >= 4 is 11.9 Å². The van der Waals surface area contributed by atoms with Crippen LogP contribution in [0.15, 0.2) is 0 Å². The smallest absolute Gasteiger partial charge is 0.310 e. The lowest BCUT2D eigenvalue weighted by Crippen LogP contribution is -2.36. The Morgan fingerprint density at radius 3 is 3.00 bits per heavy atom. The number of nitrogens with one attached hydrogen (secondary N) is 1. The number of rotatable bonds is 4. The molecule has 1 unspecified atom stereocenters. The first-order valence-corrected chi connectivity index (χ1v) is 5.17. The highest BCUT2D eigenvalue weighted by Crippen LogP contribution is 2.16. The fraction of sp³-hybridized carbons (Fsp3) is 0.636. The third-order valence-electron chi connectivity index (χ3n) is 2.56. The van der Waals surface area contributed by atoms with E-state index >= 15 is 0 Å². The first kappa shape index (κ1) is 12.5. The van der Waals surface area contributed by atoms with Crippen molar-refractivity contribution in [2.75, 3.05) is 33.3 Å². The normalized spacial score (nSPS) is 20.1. The van der Waals surface area contributed by atoms with Gasteiger partial charge in [-0.1, -0.05) is 5.92 Å². The maximum absolute atomic E-state index is 11.3. The van der Waals surface area contributed by atoms with Crippen LogP contribution in [0.1, 0.15) is 6.42 Å². The van der Waals surface area contributed by atoms with Crippen molar-refractivity contribution in [3.63, 3.8) is 0 Å². The van der Waals surface area contributed by atoms with Gasteiger partial charge in [-0.2, -0.15) is 0 Å².